The van der Waals surface area contributed by atoms with Gasteiger partial charge in [-0.05, 0) is 30.7 Å². The van der Waals surface area contributed by atoms with Crippen LogP contribution in [0.1, 0.15) is 19.2 Å². The second kappa shape index (κ2) is 8.05. The van der Waals surface area contributed by atoms with Crippen molar-refractivity contribution >= 4 is 28.3 Å². The fourth-order valence-electron chi connectivity index (χ4n) is 1.68. The third-order valence-electron chi connectivity index (χ3n) is 2.72. The normalized spacial score (nSPS) is 12.1. The predicted molar refractivity (Wildman–Crippen MR) is 84.8 cm³/mol. The van der Waals surface area contributed by atoms with Gasteiger partial charge in [0.15, 0.2) is 0 Å². The zero-order valence-electron chi connectivity index (χ0n) is 12.0. The maximum atomic E-state index is 11.9. The second-order valence-electron chi connectivity index (χ2n) is 4.60. The van der Waals surface area contributed by atoms with Crippen LogP contribution in [0.2, 0.25) is 5.02 Å². The third-order valence-corrected chi connectivity index (χ3v) is 4.12. The Labute approximate surface area is 135 Å². The van der Waals surface area contributed by atoms with Crippen LogP contribution < -0.4 is 5.32 Å². The molecule has 2 rings (SSSR count). The molecule has 6 nitrogen and oxygen atoms in total. The van der Waals surface area contributed by atoms with Gasteiger partial charge in [-0.15, -0.1) is 0 Å². The predicted octanol–water partition coefficient (Wildman–Crippen LogP) is 2.16. The zero-order valence-corrected chi connectivity index (χ0v) is 13.6. The number of carbonyl (C=O) groups is 1. The highest BCUT2D eigenvalue weighted by Crippen LogP contribution is 2.18. The van der Waals surface area contributed by atoms with E-state index in [0.29, 0.717) is 17.4 Å². The highest BCUT2D eigenvalue weighted by atomic mass is 35.5. The number of benzene rings is 1. The van der Waals surface area contributed by atoms with E-state index in [1.807, 2.05) is 6.92 Å². The summed E-state index contributed by atoms with van der Waals surface area (Å²) in [6.45, 7) is 2.53. The van der Waals surface area contributed by atoms with E-state index < -0.39 is 10.8 Å². The number of hydrogen-bond donors (Lipinski definition) is 1. The molecule has 0 bridgehead atoms. The Bertz CT molecular complexity index is 658. The lowest BCUT2D eigenvalue weighted by Crippen LogP contribution is -2.29. The monoisotopic (exact) mass is 341 g/mol. The van der Waals surface area contributed by atoms with Gasteiger partial charge in [-0.25, -0.2) is 0 Å². The average molecular weight is 342 g/mol. The van der Waals surface area contributed by atoms with Gasteiger partial charge in [0.1, 0.15) is 11.5 Å². The first-order chi connectivity index (χ1) is 10.6. The molecule has 118 valence electrons. The Morgan fingerprint density at radius 3 is 2.77 bits per heavy atom. The highest BCUT2D eigenvalue weighted by molar-refractivity contribution is 7.84. The van der Waals surface area contributed by atoms with Gasteiger partial charge in [-0.3, -0.25) is 9.00 Å². The molecule has 1 atom stereocenters. The van der Waals surface area contributed by atoms with Crippen LogP contribution in [-0.2, 0) is 21.3 Å². The quantitative estimate of drug-likeness (QED) is 0.834. The summed E-state index contributed by atoms with van der Waals surface area (Å²) in [6.07, 6.45) is 0.840. The molecule has 1 aromatic heterocycles. The number of aromatic nitrogens is 2. The Hall–Kier alpha value is -1.73. The molecule has 1 N–H and O–H groups in total. The number of halogens is 1. The van der Waals surface area contributed by atoms with Crippen molar-refractivity contribution in [1.82, 2.24) is 15.5 Å². The van der Waals surface area contributed by atoms with Gasteiger partial charge < -0.3 is 9.84 Å². The van der Waals surface area contributed by atoms with Crippen molar-refractivity contribution < 1.29 is 13.5 Å². The molecular weight excluding hydrogens is 326 g/mol. The molecule has 0 saturated carbocycles. The van der Waals surface area contributed by atoms with Crippen molar-refractivity contribution in [2.45, 2.75) is 19.1 Å². The van der Waals surface area contributed by atoms with E-state index >= 15 is 0 Å². The summed E-state index contributed by atoms with van der Waals surface area (Å²) >= 11 is 5.82. The number of hydrogen-bond acceptors (Lipinski definition) is 5. The lowest BCUT2D eigenvalue weighted by atomic mass is 10.2. The van der Waals surface area contributed by atoms with Gasteiger partial charge in [0.2, 0.25) is 17.6 Å². The number of nitrogens with zero attached hydrogens (tertiary/aromatic N) is 2. The standard InChI is InChI=1S/C14H16ClN3O3S/c1-2-7-16-12(19)8-22(20)9-13-17-14(18-21-13)10-3-5-11(15)6-4-10/h3-6H,2,7-9H2,1H3,(H,16,19). The number of carbonyl (C=O) groups excluding carboxylic acids is 1. The van der Waals surface area contributed by atoms with E-state index in [2.05, 4.69) is 15.5 Å². The molecule has 22 heavy (non-hydrogen) atoms. The lowest BCUT2D eigenvalue weighted by Gasteiger charge is -2.01. The Balaban J connectivity index is 1.93. The number of amides is 1. The number of nitrogens with one attached hydrogen (secondary N) is 1. The van der Waals surface area contributed by atoms with Crippen molar-refractivity contribution in [3.05, 3.63) is 35.2 Å². The van der Waals surface area contributed by atoms with Crippen molar-refractivity contribution in [3.63, 3.8) is 0 Å². The molecular formula is C14H16ClN3O3S. The summed E-state index contributed by atoms with van der Waals surface area (Å²) in [5.74, 6) is 0.391. The summed E-state index contributed by atoms with van der Waals surface area (Å²) in [4.78, 5) is 15.7. The first-order valence-electron chi connectivity index (χ1n) is 6.78. The molecule has 0 aliphatic carbocycles. The van der Waals surface area contributed by atoms with Crippen LogP contribution in [0, 0.1) is 0 Å². The molecule has 0 fully saturated rings. The molecule has 1 heterocycles. The maximum absolute atomic E-state index is 11.9. The maximum Gasteiger partial charge on any atom is 0.239 e. The Morgan fingerprint density at radius 2 is 2.09 bits per heavy atom. The minimum atomic E-state index is -1.38. The van der Waals surface area contributed by atoms with Crippen molar-refractivity contribution in [2.75, 3.05) is 12.3 Å². The SMILES string of the molecule is CCCNC(=O)CS(=O)Cc1nc(-c2ccc(Cl)cc2)no1. The van der Waals surface area contributed by atoms with Gasteiger partial charge in [0.25, 0.3) is 0 Å². The third kappa shape index (κ3) is 4.92. The van der Waals surface area contributed by atoms with Crippen molar-refractivity contribution in [3.8, 4) is 11.4 Å². The van der Waals surface area contributed by atoms with Crippen LogP contribution in [0.4, 0.5) is 0 Å². The van der Waals surface area contributed by atoms with Gasteiger partial charge in [-0.1, -0.05) is 23.7 Å². The van der Waals surface area contributed by atoms with Gasteiger partial charge in [0, 0.05) is 27.9 Å². The van der Waals surface area contributed by atoms with Crippen LogP contribution in [0.25, 0.3) is 11.4 Å². The smallest absolute Gasteiger partial charge is 0.239 e. The van der Waals surface area contributed by atoms with E-state index in [0.717, 1.165) is 12.0 Å². The molecule has 2 aromatic rings. The Morgan fingerprint density at radius 1 is 1.36 bits per heavy atom. The first kappa shape index (κ1) is 16.6. The zero-order chi connectivity index (χ0) is 15.9. The topological polar surface area (TPSA) is 85.1 Å². The summed E-state index contributed by atoms with van der Waals surface area (Å²) < 4.78 is 16.9. The fraction of sp³-hybridized carbons (Fsp3) is 0.357. The molecule has 0 radical (unpaired) electrons. The second-order valence-corrected chi connectivity index (χ2v) is 6.49. The molecule has 0 saturated heterocycles. The van der Waals surface area contributed by atoms with Crippen molar-refractivity contribution in [2.24, 2.45) is 0 Å². The number of rotatable bonds is 7. The molecule has 1 amide bonds. The van der Waals surface area contributed by atoms with Crippen LogP contribution in [0.15, 0.2) is 28.8 Å². The first-order valence-corrected chi connectivity index (χ1v) is 8.65. The highest BCUT2D eigenvalue weighted by Gasteiger charge is 2.14. The van der Waals surface area contributed by atoms with E-state index in [1.165, 1.54) is 0 Å². The summed E-state index contributed by atoms with van der Waals surface area (Å²) in [7, 11) is -1.38. The molecule has 0 aliphatic heterocycles. The van der Waals surface area contributed by atoms with Gasteiger partial charge >= 0.3 is 0 Å². The summed E-state index contributed by atoms with van der Waals surface area (Å²) in [5.41, 5.74) is 0.755. The molecule has 8 heteroatoms. The van der Waals surface area contributed by atoms with Crippen LogP contribution in [0.5, 0.6) is 0 Å². The fourth-order valence-corrected chi connectivity index (χ4v) is 2.70. The molecule has 1 aromatic carbocycles. The Kier molecular flexibility index (Phi) is 6.09. The summed E-state index contributed by atoms with van der Waals surface area (Å²) in [5, 5.41) is 7.13. The minimum absolute atomic E-state index is 0.0557. The molecule has 0 aliphatic rings. The van der Waals surface area contributed by atoms with Gasteiger partial charge in [-0.2, -0.15) is 4.98 Å². The average Bonchev–Trinajstić information content (AvgIpc) is 2.94. The lowest BCUT2D eigenvalue weighted by molar-refractivity contribution is -0.118. The minimum Gasteiger partial charge on any atom is -0.355 e. The van der Waals surface area contributed by atoms with Crippen molar-refractivity contribution in [1.29, 1.82) is 0 Å². The van der Waals surface area contributed by atoms with E-state index in [4.69, 9.17) is 16.1 Å². The molecule has 1 unspecified atom stereocenters. The van der Waals surface area contributed by atoms with E-state index in [9.17, 15) is 9.00 Å². The largest absolute Gasteiger partial charge is 0.355 e. The summed E-state index contributed by atoms with van der Waals surface area (Å²) in [6, 6.07) is 6.99. The van der Waals surface area contributed by atoms with Crippen LogP contribution in [0.3, 0.4) is 0 Å². The van der Waals surface area contributed by atoms with Crippen LogP contribution in [-0.4, -0.2) is 32.6 Å². The van der Waals surface area contributed by atoms with E-state index in [-0.39, 0.29) is 23.3 Å². The van der Waals surface area contributed by atoms with Crippen LogP contribution >= 0.6 is 11.6 Å². The molecule has 0 spiro atoms. The van der Waals surface area contributed by atoms with Gasteiger partial charge in [0.05, 0.1) is 0 Å². The van der Waals surface area contributed by atoms with E-state index in [1.54, 1.807) is 24.3 Å².